The molecule has 0 fully saturated rings. The van der Waals surface area contributed by atoms with Crippen LogP contribution < -0.4 is 5.32 Å². The van der Waals surface area contributed by atoms with Crippen molar-refractivity contribution in [1.29, 1.82) is 0 Å². The van der Waals surface area contributed by atoms with Crippen molar-refractivity contribution >= 4 is 17.3 Å². The molecule has 1 N–H and O–H groups in total. The van der Waals surface area contributed by atoms with Crippen LogP contribution in [-0.4, -0.2) is 25.2 Å². The van der Waals surface area contributed by atoms with Gasteiger partial charge in [-0.2, -0.15) is 0 Å². The minimum Gasteiger partial charge on any atom is -0.383 e. The Morgan fingerprint density at radius 2 is 2.38 bits per heavy atom. The second kappa shape index (κ2) is 5.04. The van der Waals surface area contributed by atoms with Gasteiger partial charge in [-0.3, -0.25) is 0 Å². The molecule has 1 aromatic rings. The molecule has 0 aliphatic rings. The second-order valence-electron chi connectivity index (χ2n) is 2.75. The van der Waals surface area contributed by atoms with Gasteiger partial charge in [-0.1, -0.05) is 11.6 Å². The molecule has 1 aromatic heterocycles. The van der Waals surface area contributed by atoms with Crippen molar-refractivity contribution in [3.8, 4) is 0 Å². The van der Waals surface area contributed by atoms with Gasteiger partial charge >= 0.3 is 0 Å². The van der Waals surface area contributed by atoms with Gasteiger partial charge in [0.15, 0.2) is 0 Å². The number of nitrogens with zero attached hydrogens (tertiary/aromatic N) is 1. The Kier molecular flexibility index (Phi) is 3.99. The molecule has 3 nitrogen and oxygen atoms in total. The maximum Gasteiger partial charge on any atom is 0.132 e. The average molecular weight is 201 g/mol. The molecule has 1 rings (SSSR count). The largest absolute Gasteiger partial charge is 0.383 e. The summed E-state index contributed by atoms with van der Waals surface area (Å²) in [5.74, 6) is 0. The fraction of sp³-hybridized carbons (Fsp3) is 0.444. The highest BCUT2D eigenvalue weighted by Crippen LogP contribution is 2.15. The molecular formula is C9H13ClN2O. The van der Waals surface area contributed by atoms with Crippen molar-refractivity contribution in [3.63, 3.8) is 0 Å². The van der Waals surface area contributed by atoms with E-state index in [2.05, 4.69) is 10.3 Å². The van der Waals surface area contributed by atoms with Crippen molar-refractivity contribution in [1.82, 2.24) is 4.98 Å². The second-order valence-corrected chi connectivity index (χ2v) is 3.11. The summed E-state index contributed by atoms with van der Waals surface area (Å²) in [7, 11) is 1.67. The Balaban J connectivity index is 2.53. The van der Waals surface area contributed by atoms with Gasteiger partial charge in [-0.15, -0.1) is 0 Å². The average Bonchev–Trinajstić information content (AvgIpc) is 2.12. The molecule has 0 amide bonds. The summed E-state index contributed by atoms with van der Waals surface area (Å²) >= 11 is 5.78. The number of aromatic nitrogens is 1. The highest BCUT2D eigenvalue weighted by molar-refractivity contribution is 6.30. The quantitative estimate of drug-likeness (QED) is 0.597. The summed E-state index contributed by atoms with van der Waals surface area (Å²) in [6.07, 6.45) is 1.71. The molecule has 1 heterocycles. The lowest BCUT2D eigenvalue weighted by atomic mass is 10.3. The predicted octanol–water partition coefficient (Wildman–Crippen LogP) is 2.10. The van der Waals surface area contributed by atoms with Crippen molar-refractivity contribution in [2.75, 3.05) is 25.6 Å². The lowest BCUT2D eigenvalue weighted by Gasteiger charge is -2.06. The number of anilines is 1. The van der Waals surface area contributed by atoms with E-state index in [1.54, 1.807) is 13.3 Å². The fourth-order valence-corrected chi connectivity index (χ4v) is 1.06. The Hall–Kier alpha value is -0.800. The number of nitrogens with one attached hydrogen (secondary N) is 1. The van der Waals surface area contributed by atoms with Gasteiger partial charge in [0.2, 0.25) is 0 Å². The lowest BCUT2D eigenvalue weighted by Crippen LogP contribution is -2.07. The Bertz CT molecular complexity index is 278. The summed E-state index contributed by atoms with van der Waals surface area (Å²) < 4.78 is 4.91. The van der Waals surface area contributed by atoms with E-state index in [1.807, 2.05) is 13.0 Å². The first kappa shape index (κ1) is 10.3. The number of hydrogen-bond donors (Lipinski definition) is 1. The van der Waals surface area contributed by atoms with Crippen molar-refractivity contribution < 1.29 is 4.74 Å². The maximum absolute atomic E-state index is 5.78. The molecule has 0 saturated heterocycles. The van der Waals surface area contributed by atoms with Crippen LogP contribution in [-0.2, 0) is 4.74 Å². The van der Waals surface area contributed by atoms with Crippen LogP contribution >= 0.6 is 11.6 Å². The summed E-state index contributed by atoms with van der Waals surface area (Å²) in [5, 5.41) is 3.72. The minimum atomic E-state index is 0.553. The molecule has 0 aliphatic heterocycles. The van der Waals surface area contributed by atoms with Gasteiger partial charge < -0.3 is 10.1 Å². The molecule has 0 spiro atoms. The number of pyridine rings is 1. The third-order valence-corrected chi connectivity index (χ3v) is 2.05. The molecule has 0 atom stereocenters. The molecule has 13 heavy (non-hydrogen) atoms. The summed E-state index contributed by atoms with van der Waals surface area (Å²) in [6, 6.07) is 1.96. The third-order valence-electron chi connectivity index (χ3n) is 1.65. The van der Waals surface area contributed by atoms with Crippen molar-refractivity contribution in [3.05, 3.63) is 23.0 Å². The van der Waals surface area contributed by atoms with Crippen LogP contribution in [0.1, 0.15) is 5.56 Å². The van der Waals surface area contributed by atoms with Crippen LogP contribution in [0.3, 0.4) is 0 Å². The smallest absolute Gasteiger partial charge is 0.132 e. The number of hydrogen-bond acceptors (Lipinski definition) is 3. The summed E-state index contributed by atoms with van der Waals surface area (Å²) in [5.41, 5.74) is 1.95. The molecule has 0 bridgehead atoms. The van der Waals surface area contributed by atoms with Crippen LogP contribution in [0, 0.1) is 6.92 Å². The SMILES string of the molecule is COCCNc1cnc(Cl)c(C)c1. The van der Waals surface area contributed by atoms with Crippen LogP contribution in [0.15, 0.2) is 12.3 Å². The number of methoxy groups -OCH3 is 1. The normalized spacial score (nSPS) is 10.1. The highest BCUT2D eigenvalue weighted by atomic mass is 35.5. The van der Waals surface area contributed by atoms with Crippen molar-refractivity contribution in [2.24, 2.45) is 0 Å². The van der Waals surface area contributed by atoms with Gasteiger partial charge in [0.25, 0.3) is 0 Å². The van der Waals surface area contributed by atoms with Crippen LogP contribution in [0.2, 0.25) is 5.15 Å². The number of aryl methyl sites for hydroxylation is 1. The Morgan fingerprint density at radius 1 is 1.62 bits per heavy atom. The zero-order valence-electron chi connectivity index (χ0n) is 7.80. The summed E-state index contributed by atoms with van der Waals surface area (Å²) in [6.45, 7) is 3.39. The van der Waals surface area contributed by atoms with Crippen LogP contribution in [0.5, 0.6) is 0 Å². The minimum absolute atomic E-state index is 0.553. The van der Waals surface area contributed by atoms with Gasteiger partial charge in [0.1, 0.15) is 5.15 Å². The van der Waals surface area contributed by atoms with Gasteiger partial charge in [0, 0.05) is 13.7 Å². The van der Waals surface area contributed by atoms with Gasteiger partial charge in [-0.25, -0.2) is 4.98 Å². The third kappa shape index (κ3) is 3.20. The molecule has 4 heteroatoms. The van der Waals surface area contributed by atoms with E-state index >= 15 is 0 Å². The van der Waals surface area contributed by atoms with Crippen molar-refractivity contribution in [2.45, 2.75) is 6.92 Å². The predicted molar refractivity (Wildman–Crippen MR) is 54.3 cm³/mol. The first-order valence-corrected chi connectivity index (χ1v) is 4.47. The zero-order valence-corrected chi connectivity index (χ0v) is 8.56. The first-order valence-electron chi connectivity index (χ1n) is 4.09. The van der Waals surface area contributed by atoms with E-state index in [9.17, 15) is 0 Å². The Labute approximate surface area is 83.1 Å². The molecule has 72 valence electrons. The van der Waals surface area contributed by atoms with Crippen LogP contribution in [0.4, 0.5) is 5.69 Å². The molecule has 0 saturated carbocycles. The molecule has 0 radical (unpaired) electrons. The molecule has 0 aromatic carbocycles. The van der Waals surface area contributed by atoms with Crippen LogP contribution in [0.25, 0.3) is 0 Å². The lowest BCUT2D eigenvalue weighted by molar-refractivity contribution is 0.211. The number of rotatable bonds is 4. The standard InChI is InChI=1S/C9H13ClN2O/c1-7-5-8(6-12-9(7)10)11-3-4-13-2/h5-6,11H,3-4H2,1-2H3. The fourth-order valence-electron chi connectivity index (χ4n) is 0.952. The van der Waals surface area contributed by atoms with E-state index in [-0.39, 0.29) is 0 Å². The topological polar surface area (TPSA) is 34.1 Å². The zero-order chi connectivity index (χ0) is 9.68. The van der Waals surface area contributed by atoms with E-state index in [0.717, 1.165) is 17.8 Å². The molecule has 0 aliphatic carbocycles. The molecule has 0 unspecified atom stereocenters. The Morgan fingerprint density at radius 3 is 3.00 bits per heavy atom. The molecular weight excluding hydrogens is 188 g/mol. The maximum atomic E-state index is 5.78. The number of ether oxygens (including phenoxy) is 1. The number of halogens is 1. The highest BCUT2D eigenvalue weighted by Gasteiger charge is 1.97. The van der Waals surface area contributed by atoms with E-state index in [1.165, 1.54) is 0 Å². The van der Waals surface area contributed by atoms with Gasteiger partial charge in [0.05, 0.1) is 18.5 Å². The van der Waals surface area contributed by atoms with E-state index in [0.29, 0.717) is 11.8 Å². The van der Waals surface area contributed by atoms with E-state index in [4.69, 9.17) is 16.3 Å². The van der Waals surface area contributed by atoms with E-state index < -0.39 is 0 Å². The van der Waals surface area contributed by atoms with Gasteiger partial charge in [-0.05, 0) is 18.6 Å². The first-order chi connectivity index (χ1) is 6.24. The summed E-state index contributed by atoms with van der Waals surface area (Å²) in [4.78, 5) is 4.02. The monoisotopic (exact) mass is 200 g/mol.